The molecule has 2 aromatic carbocycles. The lowest BCUT2D eigenvalue weighted by molar-refractivity contribution is 0.687. The third kappa shape index (κ3) is 4.95. The van der Waals surface area contributed by atoms with Crippen molar-refractivity contribution in [2.45, 2.75) is 13.0 Å². The smallest absolute Gasteiger partial charge is 0.0453 e. The van der Waals surface area contributed by atoms with Crippen LogP contribution in [0.4, 0.5) is 0 Å². The van der Waals surface area contributed by atoms with Crippen molar-refractivity contribution in [3.05, 3.63) is 67.2 Å². The minimum Gasteiger partial charge on any atom is -0.312 e. The Balaban J connectivity index is 1.79. The van der Waals surface area contributed by atoms with Crippen molar-refractivity contribution >= 4 is 45.8 Å². The van der Waals surface area contributed by atoms with Gasteiger partial charge in [0.05, 0.1) is 0 Å². The van der Waals surface area contributed by atoms with Crippen molar-refractivity contribution in [1.82, 2.24) is 5.32 Å². The zero-order chi connectivity index (χ0) is 13.7. The van der Waals surface area contributed by atoms with Crippen LogP contribution in [0.15, 0.2) is 42.5 Å². The molecule has 19 heavy (non-hydrogen) atoms. The Kier molecular flexibility index (Phi) is 5.95. The van der Waals surface area contributed by atoms with Crippen LogP contribution in [0, 0.1) is 3.57 Å². The molecule has 0 saturated carbocycles. The number of hydrogen-bond acceptors (Lipinski definition) is 1. The lowest BCUT2D eigenvalue weighted by Gasteiger charge is -2.07. The Morgan fingerprint density at radius 1 is 1.00 bits per heavy atom. The molecule has 0 saturated heterocycles. The Hall–Kier alpha value is -0.290. The van der Waals surface area contributed by atoms with E-state index < -0.39 is 0 Å². The number of nitrogens with one attached hydrogen (secondary N) is 1. The van der Waals surface area contributed by atoms with Gasteiger partial charge in [0.2, 0.25) is 0 Å². The zero-order valence-electron chi connectivity index (χ0n) is 10.3. The van der Waals surface area contributed by atoms with E-state index in [1.165, 1.54) is 9.13 Å². The molecule has 1 N–H and O–H groups in total. The summed E-state index contributed by atoms with van der Waals surface area (Å²) in [5, 5.41) is 4.84. The molecule has 4 heteroatoms. The predicted octanol–water partition coefficient (Wildman–Crippen LogP) is 4.93. The van der Waals surface area contributed by atoms with Gasteiger partial charge in [-0.2, -0.15) is 0 Å². The number of hydrogen-bond donors (Lipinski definition) is 1. The van der Waals surface area contributed by atoms with Gasteiger partial charge in [-0.15, -0.1) is 0 Å². The molecule has 0 amide bonds. The van der Waals surface area contributed by atoms with Gasteiger partial charge in [0.25, 0.3) is 0 Å². The summed E-state index contributed by atoms with van der Waals surface area (Å²) in [5.74, 6) is 0. The molecule has 100 valence electrons. The normalized spacial score (nSPS) is 10.7. The highest BCUT2D eigenvalue weighted by Gasteiger charge is 2.01. The molecule has 0 fully saturated rings. The van der Waals surface area contributed by atoms with Gasteiger partial charge in [-0.25, -0.2) is 0 Å². The first-order valence-corrected chi connectivity index (χ1v) is 7.88. The first-order chi connectivity index (χ1) is 9.15. The maximum Gasteiger partial charge on any atom is 0.0453 e. The Bertz CT molecular complexity index is 540. The van der Waals surface area contributed by atoms with E-state index in [-0.39, 0.29) is 0 Å². The summed E-state index contributed by atoms with van der Waals surface area (Å²) >= 11 is 14.3. The van der Waals surface area contributed by atoms with Gasteiger partial charge >= 0.3 is 0 Å². The van der Waals surface area contributed by atoms with Crippen LogP contribution in [0.5, 0.6) is 0 Å². The predicted molar refractivity (Wildman–Crippen MR) is 91.0 cm³/mol. The molecular formula is C15H14Cl2IN. The first kappa shape index (κ1) is 15.1. The molecule has 2 aromatic rings. The lowest BCUT2D eigenvalue weighted by atomic mass is 10.1. The molecule has 0 unspecified atom stereocenters. The van der Waals surface area contributed by atoms with Crippen LogP contribution in [0.1, 0.15) is 11.1 Å². The average Bonchev–Trinajstić information content (AvgIpc) is 2.39. The summed E-state index contributed by atoms with van der Waals surface area (Å²) in [6, 6.07) is 14.2. The third-order valence-corrected chi connectivity index (χ3v) is 4.13. The van der Waals surface area contributed by atoms with Gasteiger partial charge in [0.15, 0.2) is 0 Å². The van der Waals surface area contributed by atoms with Gasteiger partial charge in [-0.3, -0.25) is 0 Å². The number of rotatable bonds is 5. The summed E-state index contributed by atoms with van der Waals surface area (Å²) in [5.41, 5.74) is 2.42. The highest BCUT2D eigenvalue weighted by Crippen LogP contribution is 2.21. The fourth-order valence-corrected chi connectivity index (χ4v) is 2.65. The second-order valence-corrected chi connectivity index (χ2v) is 6.38. The number of benzene rings is 2. The largest absolute Gasteiger partial charge is 0.312 e. The van der Waals surface area contributed by atoms with Crippen molar-refractivity contribution in [3.8, 4) is 0 Å². The molecule has 0 aliphatic carbocycles. The second-order valence-electron chi connectivity index (χ2n) is 4.29. The topological polar surface area (TPSA) is 12.0 Å². The first-order valence-electron chi connectivity index (χ1n) is 6.04. The lowest BCUT2D eigenvalue weighted by Crippen LogP contribution is -2.16. The Morgan fingerprint density at radius 2 is 1.74 bits per heavy atom. The molecule has 0 bridgehead atoms. The van der Waals surface area contributed by atoms with Gasteiger partial charge < -0.3 is 5.32 Å². The molecule has 0 aliphatic rings. The zero-order valence-corrected chi connectivity index (χ0v) is 14.0. The molecule has 0 aliphatic heterocycles. The van der Waals surface area contributed by atoms with Crippen LogP contribution in [-0.2, 0) is 13.0 Å². The fourth-order valence-electron chi connectivity index (χ4n) is 1.78. The molecule has 1 nitrogen and oxygen atoms in total. The minimum absolute atomic E-state index is 0.681. The second kappa shape index (κ2) is 7.48. The molecule has 0 atom stereocenters. The van der Waals surface area contributed by atoms with Crippen molar-refractivity contribution in [3.63, 3.8) is 0 Å². The van der Waals surface area contributed by atoms with Crippen molar-refractivity contribution in [2.75, 3.05) is 6.54 Å². The summed E-state index contributed by atoms with van der Waals surface area (Å²) in [6.07, 6.45) is 0.903. The fraction of sp³-hybridized carbons (Fsp3) is 0.200. The molecule has 0 heterocycles. The van der Waals surface area contributed by atoms with E-state index in [0.717, 1.165) is 30.1 Å². The van der Waals surface area contributed by atoms with Gasteiger partial charge in [0, 0.05) is 20.2 Å². The van der Waals surface area contributed by atoms with Crippen LogP contribution in [0.3, 0.4) is 0 Å². The quantitative estimate of drug-likeness (QED) is 0.549. The van der Waals surface area contributed by atoms with E-state index in [1.807, 2.05) is 12.1 Å². The summed E-state index contributed by atoms with van der Waals surface area (Å²) in [4.78, 5) is 0. The van der Waals surface area contributed by atoms with Crippen LogP contribution < -0.4 is 5.32 Å². The summed E-state index contributed by atoms with van der Waals surface area (Å²) in [6.45, 7) is 1.77. The van der Waals surface area contributed by atoms with E-state index >= 15 is 0 Å². The van der Waals surface area contributed by atoms with E-state index in [2.05, 4.69) is 52.2 Å². The molecule has 2 rings (SSSR count). The average molecular weight is 406 g/mol. The van der Waals surface area contributed by atoms with Crippen LogP contribution >= 0.6 is 45.8 Å². The maximum absolute atomic E-state index is 6.13. The SMILES string of the molecule is Clc1ccc(CCNCc2ccc(I)cc2)c(Cl)c1. The van der Waals surface area contributed by atoms with Gasteiger partial charge in [-0.1, -0.05) is 41.4 Å². The number of halogens is 3. The molecule has 0 radical (unpaired) electrons. The van der Waals surface area contributed by atoms with E-state index in [0.29, 0.717) is 5.02 Å². The highest BCUT2D eigenvalue weighted by molar-refractivity contribution is 14.1. The minimum atomic E-state index is 0.681. The molecule has 0 spiro atoms. The molecule has 0 aromatic heterocycles. The monoisotopic (exact) mass is 405 g/mol. The highest BCUT2D eigenvalue weighted by atomic mass is 127. The van der Waals surface area contributed by atoms with Crippen LogP contribution in [0.25, 0.3) is 0 Å². The standard InChI is InChI=1S/C15H14Cl2IN/c16-13-4-3-12(15(17)9-13)7-8-19-10-11-1-5-14(18)6-2-11/h1-6,9,19H,7-8,10H2. The van der Waals surface area contributed by atoms with Crippen molar-refractivity contribution in [2.24, 2.45) is 0 Å². The van der Waals surface area contributed by atoms with Crippen molar-refractivity contribution < 1.29 is 0 Å². The third-order valence-electron chi connectivity index (χ3n) is 2.83. The van der Waals surface area contributed by atoms with Crippen LogP contribution in [0.2, 0.25) is 10.0 Å². The Morgan fingerprint density at radius 3 is 2.42 bits per heavy atom. The molecular weight excluding hydrogens is 392 g/mol. The van der Waals surface area contributed by atoms with Crippen LogP contribution in [-0.4, -0.2) is 6.54 Å². The van der Waals surface area contributed by atoms with E-state index in [9.17, 15) is 0 Å². The van der Waals surface area contributed by atoms with Gasteiger partial charge in [0.1, 0.15) is 0 Å². The van der Waals surface area contributed by atoms with E-state index in [4.69, 9.17) is 23.2 Å². The van der Waals surface area contributed by atoms with Gasteiger partial charge in [-0.05, 0) is 70.9 Å². The maximum atomic E-state index is 6.13. The Labute approximate surface area is 137 Å². The summed E-state index contributed by atoms with van der Waals surface area (Å²) in [7, 11) is 0. The summed E-state index contributed by atoms with van der Waals surface area (Å²) < 4.78 is 1.26. The van der Waals surface area contributed by atoms with Crippen molar-refractivity contribution in [1.29, 1.82) is 0 Å². The van der Waals surface area contributed by atoms with E-state index in [1.54, 1.807) is 6.07 Å².